The first kappa shape index (κ1) is 14.5. The Morgan fingerprint density at radius 2 is 2.00 bits per heavy atom. The lowest BCUT2D eigenvalue weighted by Gasteiger charge is -2.19. The van der Waals surface area contributed by atoms with Gasteiger partial charge in [-0.1, -0.05) is 33.1 Å². The smallest absolute Gasteiger partial charge is 0.312 e. The molecule has 0 aromatic heterocycles. The van der Waals surface area contributed by atoms with E-state index < -0.39 is 12.0 Å². The largest absolute Gasteiger partial charge is 0.465 e. The third-order valence-electron chi connectivity index (χ3n) is 3.40. The van der Waals surface area contributed by atoms with Gasteiger partial charge in [0.05, 0.1) is 25.2 Å². The van der Waals surface area contributed by atoms with Crippen molar-refractivity contribution in [3.8, 4) is 0 Å². The molecular formula is C13H24O4. The Morgan fingerprint density at radius 1 is 1.35 bits per heavy atom. The van der Waals surface area contributed by atoms with Gasteiger partial charge in [0.25, 0.3) is 0 Å². The van der Waals surface area contributed by atoms with Crippen LogP contribution >= 0.6 is 0 Å². The van der Waals surface area contributed by atoms with Crippen LogP contribution < -0.4 is 0 Å². The van der Waals surface area contributed by atoms with Gasteiger partial charge in [0.15, 0.2) is 0 Å². The van der Waals surface area contributed by atoms with E-state index in [4.69, 9.17) is 9.84 Å². The van der Waals surface area contributed by atoms with Crippen molar-refractivity contribution in [1.82, 2.24) is 0 Å². The molecule has 1 aliphatic heterocycles. The van der Waals surface area contributed by atoms with Crippen LogP contribution in [0.15, 0.2) is 0 Å². The van der Waals surface area contributed by atoms with Gasteiger partial charge in [0.1, 0.15) is 0 Å². The van der Waals surface area contributed by atoms with Gasteiger partial charge in [-0.25, -0.2) is 0 Å². The van der Waals surface area contributed by atoms with Crippen molar-refractivity contribution in [2.75, 3.05) is 13.2 Å². The molecule has 0 aromatic rings. The predicted molar refractivity (Wildman–Crippen MR) is 64.3 cm³/mol. The van der Waals surface area contributed by atoms with E-state index in [-0.39, 0.29) is 25.1 Å². The number of hydrogen-bond donors (Lipinski definition) is 2. The van der Waals surface area contributed by atoms with Crippen molar-refractivity contribution in [3.63, 3.8) is 0 Å². The Morgan fingerprint density at radius 3 is 2.59 bits per heavy atom. The number of cyclic esters (lactones) is 1. The summed E-state index contributed by atoms with van der Waals surface area (Å²) in [6.07, 6.45) is 3.07. The van der Waals surface area contributed by atoms with Crippen LogP contribution in [-0.2, 0) is 9.53 Å². The van der Waals surface area contributed by atoms with Crippen LogP contribution in [0.3, 0.4) is 0 Å². The van der Waals surface area contributed by atoms with E-state index in [1.54, 1.807) is 0 Å². The van der Waals surface area contributed by atoms with Gasteiger partial charge in [0.2, 0.25) is 0 Å². The quantitative estimate of drug-likeness (QED) is 0.524. The summed E-state index contributed by atoms with van der Waals surface area (Å²) in [5.41, 5.74) is 0. The minimum Gasteiger partial charge on any atom is -0.465 e. The fourth-order valence-electron chi connectivity index (χ4n) is 2.30. The number of rotatable bonds is 7. The first-order chi connectivity index (χ1) is 8.06. The molecule has 1 rings (SSSR count). The molecular weight excluding hydrogens is 220 g/mol. The Balaban J connectivity index is 2.30. The van der Waals surface area contributed by atoms with E-state index in [2.05, 4.69) is 13.8 Å². The van der Waals surface area contributed by atoms with E-state index in [0.29, 0.717) is 12.3 Å². The molecule has 4 heteroatoms. The summed E-state index contributed by atoms with van der Waals surface area (Å²) in [5, 5.41) is 19.1. The predicted octanol–water partition coefficient (Wildman–Crippen LogP) is 1.35. The molecule has 4 nitrogen and oxygen atoms in total. The molecule has 2 unspecified atom stereocenters. The van der Waals surface area contributed by atoms with Crippen molar-refractivity contribution < 1.29 is 19.7 Å². The topological polar surface area (TPSA) is 66.8 Å². The SMILES string of the molecule is CC(C)CCCC[C@@H](O)C1C(=O)OCC1CO. The molecule has 100 valence electrons. The molecule has 1 saturated heterocycles. The minimum absolute atomic E-state index is 0.0978. The first-order valence-electron chi connectivity index (χ1n) is 6.51. The van der Waals surface area contributed by atoms with Crippen LogP contribution in [0.25, 0.3) is 0 Å². The molecule has 3 atom stereocenters. The zero-order valence-electron chi connectivity index (χ0n) is 10.8. The maximum absolute atomic E-state index is 11.4. The summed E-state index contributed by atoms with van der Waals surface area (Å²) in [6.45, 7) is 4.49. The van der Waals surface area contributed by atoms with Gasteiger partial charge in [-0.15, -0.1) is 0 Å². The molecule has 0 spiro atoms. The van der Waals surface area contributed by atoms with Crippen LogP contribution in [0.1, 0.15) is 39.5 Å². The second-order valence-corrected chi connectivity index (χ2v) is 5.34. The summed E-state index contributed by atoms with van der Waals surface area (Å²) in [4.78, 5) is 11.4. The van der Waals surface area contributed by atoms with Gasteiger partial charge in [-0.3, -0.25) is 4.79 Å². The van der Waals surface area contributed by atoms with Gasteiger partial charge in [-0.05, 0) is 12.3 Å². The van der Waals surface area contributed by atoms with E-state index in [1.807, 2.05) is 0 Å². The van der Waals surface area contributed by atoms with Crippen LogP contribution in [0.4, 0.5) is 0 Å². The maximum Gasteiger partial charge on any atom is 0.312 e. The minimum atomic E-state index is -0.672. The Kier molecular flexibility index (Phi) is 5.92. The Labute approximate surface area is 103 Å². The highest BCUT2D eigenvalue weighted by atomic mass is 16.5. The van der Waals surface area contributed by atoms with Crippen LogP contribution in [0, 0.1) is 17.8 Å². The number of esters is 1. The van der Waals surface area contributed by atoms with Crippen LogP contribution in [-0.4, -0.2) is 35.5 Å². The molecule has 0 saturated carbocycles. The molecule has 0 aromatic carbocycles. The van der Waals surface area contributed by atoms with Crippen LogP contribution in [0.5, 0.6) is 0 Å². The highest BCUT2D eigenvalue weighted by Gasteiger charge is 2.41. The average Bonchev–Trinajstić information content (AvgIpc) is 2.65. The summed E-state index contributed by atoms with van der Waals surface area (Å²) >= 11 is 0. The normalized spacial score (nSPS) is 26.3. The average molecular weight is 244 g/mol. The number of aliphatic hydroxyl groups is 2. The lowest BCUT2D eigenvalue weighted by molar-refractivity contribution is -0.144. The number of carbonyl (C=O) groups excluding carboxylic acids is 1. The lowest BCUT2D eigenvalue weighted by atomic mass is 9.88. The zero-order chi connectivity index (χ0) is 12.8. The molecule has 0 amide bonds. The third kappa shape index (κ3) is 4.28. The Hall–Kier alpha value is -0.610. The summed E-state index contributed by atoms with van der Waals surface area (Å²) in [5.74, 6) is -0.448. The molecule has 17 heavy (non-hydrogen) atoms. The second-order valence-electron chi connectivity index (χ2n) is 5.34. The zero-order valence-corrected chi connectivity index (χ0v) is 10.8. The highest BCUT2D eigenvalue weighted by Crippen LogP contribution is 2.27. The monoisotopic (exact) mass is 244 g/mol. The number of unbranched alkanes of at least 4 members (excludes halogenated alkanes) is 1. The first-order valence-corrected chi connectivity index (χ1v) is 6.51. The van der Waals surface area contributed by atoms with Gasteiger partial charge in [0, 0.05) is 5.92 Å². The summed E-state index contributed by atoms with van der Waals surface area (Å²) in [6, 6.07) is 0. The summed E-state index contributed by atoms with van der Waals surface area (Å²) < 4.78 is 4.88. The third-order valence-corrected chi connectivity index (χ3v) is 3.40. The molecule has 1 fully saturated rings. The number of ether oxygens (including phenoxy) is 1. The fourth-order valence-corrected chi connectivity index (χ4v) is 2.30. The van der Waals surface area contributed by atoms with Crippen molar-refractivity contribution in [2.24, 2.45) is 17.8 Å². The van der Waals surface area contributed by atoms with E-state index in [0.717, 1.165) is 19.3 Å². The van der Waals surface area contributed by atoms with Crippen molar-refractivity contribution in [2.45, 2.75) is 45.6 Å². The molecule has 1 heterocycles. The number of hydrogen-bond acceptors (Lipinski definition) is 4. The van der Waals surface area contributed by atoms with Crippen molar-refractivity contribution in [3.05, 3.63) is 0 Å². The lowest BCUT2D eigenvalue weighted by Crippen LogP contribution is -2.31. The second kappa shape index (κ2) is 6.97. The van der Waals surface area contributed by atoms with Crippen molar-refractivity contribution in [1.29, 1.82) is 0 Å². The fraction of sp³-hybridized carbons (Fsp3) is 0.923. The van der Waals surface area contributed by atoms with E-state index in [1.165, 1.54) is 0 Å². The highest BCUT2D eigenvalue weighted by molar-refractivity contribution is 5.75. The standard InChI is InChI=1S/C13H24O4/c1-9(2)5-3-4-6-11(15)12-10(7-14)8-17-13(12)16/h9-12,14-15H,3-8H2,1-2H3/t10?,11-,12?/m1/s1. The van der Waals surface area contributed by atoms with E-state index in [9.17, 15) is 9.90 Å². The molecule has 0 radical (unpaired) electrons. The number of carbonyl (C=O) groups is 1. The molecule has 2 N–H and O–H groups in total. The summed E-state index contributed by atoms with van der Waals surface area (Å²) in [7, 11) is 0. The number of aliphatic hydroxyl groups excluding tert-OH is 2. The molecule has 0 aliphatic carbocycles. The van der Waals surface area contributed by atoms with Crippen LogP contribution in [0.2, 0.25) is 0 Å². The molecule has 0 bridgehead atoms. The van der Waals surface area contributed by atoms with E-state index >= 15 is 0 Å². The van der Waals surface area contributed by atoms with Gasteiger partial charge >= 0.3 is 5.97 Å². The maximum atomic E-state index is 11.4. The van der Waals surface area contributed by atoms with Crippen molar-refractivity contribution >= 4 is 5.97 Å². The Bertz CT molecular complexity index is 240. The van der Waals surface area contributed by atoms with Gasteiger partial charge in [-0.2, -0.15) is 0 Å². The molecule has 1 aliphatic rings. The van der Waals surface area contributed by atoms with Gasteiger partial charge < -0.3 is 14.9 Å².